The zero-order valence-corrected chi connectivity index (χ0v) is 12.7. The third kappa shape index (κ3) is 2.61. The second-order valence-electron chi connectivity index (χ2n) is 5.19. The van der Waals surface area contributed by atoms with E-state index in [0.717, 1.165) is 33.3 Å². The number of fused-ring (bicyclic) bond motifs is 3. The number of hydrogen-bond donors (Lipinski definition) is 2. The van der Waals surface area contributed by atoms with Crippen LogP contribution in [-0.4, -0.2) is 30.9 Å². The molecule has 116 valence electrons. The Labute approximate surface area is 129 Å². The predicted molar refractivity (Wildman–Crippen MR) is 89.5 cm³/mol. The number of aromatic nitrogens is 1. The lowest BCUT2D eigenvalue weighted by atomic mass is 10.1. The molecule has 0 radical (unpaired) electrons. The Morgan fingerprint density at radius 3 is 1.68 bits per heavy atom. The summed E-state index contributed by atoms with van der Waals surface area (Å²) in [5.41, 5.74) is 13.3. The Morgan fingerprint density at radius 1 is 0.818 bits per heavy atom. The first-order valence-electron chi connectivity index (χ1n) is 7.42. The van der Waals surface area contributed by atoms with Gasteiger partial charge in [-0.05, 0) is 36.4 Å². The number of aryl methyl sites for hydroxylation is 1. The number of hydrogen-bond acceptors (Lipinski definition) is 4. The average molecular weight is 299 g/mol. The van der Waals surface area contributed by atoms with E-state index in [1.54, 1.807) is 0 Å². The van der Waals surface area contributed by atoms with Crippen molar-refractivity contribution < 1.29 is 9.47 Å². The molecule has 0 aliphatic rings. The van der Waals surface area contributed by atoms with Crippen LogP contribution in [0.4, 0.5) is 0 Å². The zero-order chi connectivity index (χ0) is 15.5. The van der Waals surface area contributed by atoms with Crippen LogP contribution in [0.3, 0.4) is 0 Å². The van der Waals surface area contributed by atoms with Gasteiger partial charge in [-0.1, -0.05) is 0 Å². The molecule has 0 unspecified atom stereocenters. The maximum Gasteiger partial charge on any atom is 0.120 e. The Balaban J connectivity index is 2.10. The van der Waals surface area contributed by atoms with Crippen LogP contribution < -0.4 is 20.9 Å². The fraction of sp³-hybridized carbons (Fsp3) is 0.294. The number of ether oxygens (including phenoxy) is 2. The lowest BCUT2D eigenvalue weighted by Crippen LogP contribution is -2.10. The summed E-state index contributed by atoms with van der Waals surface area (Å²) in [6.45, 7) is 2.04. The van der Waals surface area contributed by atoms with E-state index in [1.807, 2.05) is 12.1 Å². The Hall–Kier alpha value is -2.24. The standard InChI is InChI=1S/C17H21N3O2/c1-20-16-4-2-12(21-8-6-18)10-14(16)15-11-13(22-9-7-19)3-5-17(15)20/h2-5,10-11H,6-9,18-19H2,1H3. The average Bonchev–Trinajstić information content (AvgIpc) is 2.83. The highest BCUT2D eigenvalue weighted by Crippen LogP contribution is 2.33. The summed E-state index contributed by atoms with van der Waals surface area (Å²) >= 11 is 0. The molecule has 3 aromatic rings. The molecule has 0 aliphatic carbocycles. The van der Waals surface area contributed by atoms with E-state index >= 15 is 0 Å². The van der Waals surface area contributed by atoms with Crippen molar-refractivity contribution in [1.82, 2.24) is 4.57 Å². The van der Waals surface area contributed by atoms with Crippen LogP contribution in [0.15, 0.2) is 36.4 Å². The fourth-order valence-electron chi connectivity index (χ4n) is 2.71. The van der Waals surface area contributed by atoms with E-state index in [4.69, 9.17) is 20.9 Å². The first-order valence-corrected chi connectivity index (χ1v) is 7.42. The summed E-state index contributed by atoms with van der Waals surface area (Å²) < 4.78 is 13.4. The van der Waals surface area contributed by atoms with E-state index in [1.165, 1.54) is 0 Å². The smallest absolute Gasteiger partial charge is 0.120 e. The van der Waals surface area contributed by atoms with Gasteiger partial charge in [0, 0.05) is 41.9 Å². The molecule has 0 spiro atoms. The van der Waals surface area contributed by atoms with Gasteiger partial charge in [0.1, 0.15) is 24.7 Å². The Morgan fingerprint density at radius 2 is 1.27 bits per heavy atom. The summed E-state index contributed by atoms with van der Waals surface area (Å²) in [5, 5.41) is 2.29. The molecule has 0 atom stereocenters. The predicted octanol–water partition coefficient (Wildman–Crippen LogP) is 2.01. The second kappa shape index (κ2) is 6.25. The van der Waals surface area contributed by atoms with Crippen LogP contribution in [0, 0.1) is 0 Å². The van der Waals surface area contributed by atoms with Gasteiger partial charge in [-0.25, -0.2) is 0 Å². The quantitative estimate of drug-likeness (QED) is 0.730. The lowest BCUT2D eigenvalue weighted by molar-refractivity contribution is 0.328. The summed E-state index contributed by atoms with van der Waals surface area (Å²) in [4.78, 5) is 0. The van der Waals surface area contributed by atoms with Gasteiger partial charge in [0.05, 0.1) is 0 Å². The van der Waals surface area contributed by atoms with Gasteiger partial charge in [-0.15, -0.1) is 0 Å². The van der Waals surface area contributed by atoms with E-state index in [-0.39, 0.29) is 0 Å². The van der Waals surface area contributed by atoms with Crippen molar-refractivity contribution in [2.24, 2.45) is 18.5 Å². The maximum absolute atomic E-state index is 5.63. The molecule has 0 bridgehead atoms. The van der Waals surface area contributed by atoms with Crippen LogP contribution in [0.25, 0.3) is 21.8 Å². The molecule has 0 aliphatic heterocycles. The molecular weight excluding hydrogens is 278 g/mol. The SMILES string of the molecule is Cn1c2ccc(OCCN)cc2c2cc(OCCN)ccc21. The number of nitrogens with two attached hydrogens (primary N) is 2. The topological polar surface area (TPSA) is 75.4 Å². The summed E-state index contributed by atoms with van der Waals surface area (Å²) in [6, 6.07) is 12.2. The van der Waals surface area contributed by atoms with Crippen molar-refractivity contribution >= 4 is 21.8 Å². The number of rotatable bonds is 6. The van der Waals surface area contributed by atoms with E-state index in [2.05, 4.69) is 35.9 Å². The highest BCUT2D eigenvalue weighted by atomic mass is 16.5. The van der Waals surface area contributed by atoms with Crippen molar-refractivity contribution in [3.05, 3.63) is 36.4 Å². The minimum Gasteiger partial charge on any atom is -0.492 e. The zero-order valence-electron chi connectivity index (χ0n) is 12.7. The van der Waals surface area contributed by atoms with E-state index in [9.17, 15) is 0 Å². The van der Waals surface area contributed by atoms with Gasteiger partial charge in [0.25, 0.3) is 0 Å². The van der Waals surface area contributed by atoms with Gasteiger partial charge < -0.3 is 25.5 Å². The monoisotopic (exact) mass is 299 g/mol. The summed E-state index contributed by atoms with van der Waals surface area (Å²) in [7, 11) is 2.06. The molecule has 4 N–H and O–H groups in total. The van der Waals surface area contributed by atoms with Crippen LogP contribution in [0.1, 0.15) is 0 Å². The summed E-state index contributed by atoms with van der Waals surface area (Å²) in [6.07, 6.45) is 0. The highest BCUT2D eigenvalue weighted by molar-refractivity contribution is 6.08. The molecule has 3 rings (SSSR count). The molecule has 22 heavy (non-hydrogen) atoms. The number of nitrogens with zero attached hydrogens (tertiary/aromatic N) is 1. The molecule has 1 heterocycles. The Bertz CT molecular complexity index is 730. The van der Waals surface area contributed by atoms with Crippen LogP contribution >= 0.6 is 0 Å². The third-order valence-corrected chi connectivity index (χ3v) is 3.72. The maximum atomic E-state index is 5.63. The normalized spacial score (nSPS) is 11.2. The molecule has 2 aromatic carbocycles. The van der Waals surface area contributed by atoms with Gasteiger partial charge in [0.2, 0.25) is 0 Å². The van der Waals surface area contributed by atoms with Gasteiger partial charge in [-0.2, -0.15) is 0 Å². The second-order valence-corrected chi connectivity index (χ2v) is 5.19. The minimum absolute atomic E-state index is 0.505. The minimum atomic E-state index is 0.505. The first kappa shape index (κ1) is 14.7. The highest BCUT2D eigenvalue weighted by Gasteiger charge is 2.10. The molecule has 0 amide bonds. The lowest BCUT2D eigenvalue weighted by Gasteiger charge is -2.05. The van der Waals surface area contributed by atoms with Gasteiger partial charge in [-0.3, -0.25) is 0 Å². The van der Waals surface area contributed by atoms with Crippen molar-refractivity contribution in [3.63, 3.8) is 0 Å². The van der Waals surface area contributed by atoms with Crippen molar-refractivity contribution in [3.8, 4) is 11.5 Å². The number of benzene rings is 2. The van der Waals surface area contributed by atoms with Crippen molar-refractivity contribution in [1.29, 1.82) is 0 Å². The van der Waals surface area contributed by atoms with Gasteiger partial charge >= 0.3 is 0 Å². The fourth-order valence-corrected chi connectivity index (χ4v) is 2.71. The van der Waals surface area contributed by atoms with E-state index in [0.29, 0.717) is 26.3 Å². The molecule has 1 aromatic heterocycles. The molecular formula is C17H21N3O2. The summed E-state index contributed by atoms with van der Waals surface area (Å²) in [5.74, 6) is 1.66. The van der Waals surface area contributed by atoms with Crippen LogP contribution in [-0.2, 0) is 7.05 Å². The van der Waals surface area contributed by atoms with E-state index < -0.39 is 0 Å². The molecule has 0 saturated heterocycles. The van der Waals surface area contributed by atoms with Gasteiger partial charge in [0.15, 0.2) is 0 Å². The largest absolute Gasteiger partial charge is 0.492 e. The molecule has 5 heteroatoms. The Kier molecular flexibility index (Phi) is 4.18. The van der Waals surface area contributed by atoms with Crippen LogP contribution in [0.5, 0.6) is 11.5 Å². The molecule has 0 fully saturated rings. The van der Waals surface area contributed by atoms with Crippen LogP contribution in [0.2, 0.25) is 0 Å². The molecule has 0 saturated carbocycles. The molecule has 5 nitrogen and oxygen atoms in total. The first-order chi connectivity index (χ1) is 10.7. The third-order valence-electron chi connectivity index (χ3n) is 3.72. The van der Waals surface area contributed by atoms with Crippen molar-refractivity contribution in [2.75, 3.05) is 26.3 Å². The van der Waals surface area contributed by atoms with Crippen molar-refractivity contribution in [2.45, 2.75) is 0 Å².